The Balaban J connectivity index is 1.32. The maximum Gasteiger partial charge on any atom is 0.130 e. The summed E-state index contributed by atoms with van der Waals surface area (Å²) >= 11 is 1.85. The molecule has 0 amide bonds. The summed E-state index contributed by atoms with van der Waals surface area (Å²) in [5.41, 5.74) is 7.09. The number of hydrogen-bond donors (Lipinski definition) is 2. The van der Waals surface area contributed by atoms with Crippen molar-refractivity contribution in [3.05, 3.63) is 40.0 Å². The second kappa shape index (κ2) is 7.40. The lowest BCUT2D eigenvalue weighted by Gasteiger charge is -2.33. The van der Waals surface area contributed by atoms with Crippen LogP contribution in [0.4, 0.5) is 5.82 Å². The number of thiophene rings is 1. The van der Waals surface area contributed by atoms with E-state index in [1.807, 2.05) is 18.3 Å². The molecule has 6 heteroatoms. The Morgan fingerprint density at radius 2 is 2.08 bits per heavy atom. The van der Waals surface area contributed by atoms with E-state index in [2.05, 4.69) is 43.8 Å². The second-order valence-electron chi connectivity index (χ2n) is 7.43. The van der Waals surface area contributed by atoms with Crippen molar-refractivity contribution < 1.29 is 0 Å². The molecule has 0 aromatic carbocycles. The third-order valence-corrected chi connectivity index (χ3v) is 6.21. The molecule has 4 rings (SSSR count). The molecule has 3 heterocycles. The lowest BCUT2D eigenvalue weighted by atomic mass is 9.78. The van der Waals surface area contributed by atoms with E-state index in [0.717, 1.165) is 62.7 Å². The van der Waals surface area contributed by atoms with Crippen LogP contribution >= 0.6 is 11.3 Å². The minimum atomic E-state index is 0.351. The zero-order valence-corrected chi connectivity index (χ0v) is 15.6. The van der Waals surface area contributed by atoms with Gasteiger partial charge in [0.1, 0.15) is 11.6 Å². The molecule has 3 N–H and O–H groups in total. The molecule has 2 aliphatic rings. The number of hydrogen-bond acceptors (Lipinski definition) is 6. The number of piperidine rings is 1. The van der Waals surface area contributed by atoms with Crippen molar-refractivity contribution in [3.8, 4) is 0 Å². The number of aromatic nitrogens is 2. The fourth-order valence-corrected chi connectivity index (χ4v) is 4.59. The Morgan fingerprint density at radius 3 is 2.76 bits per heavy atom. The summed E-state index contributed by atoms with van der Waals surface area (Å²) in [5.74, 6) is 2.36. The van der Waals surface area contributed by atoms with Gasteiger partial charge in [-0.3, -0.25) is 4.90 Å². The molecule has 1 saturated heterocycles. The first-order chi connectivity index (χ1) is 12.2. The van der Waals surface area contributed by atoms with Crippen LogP contribution < -0.4 is 11.1 Å². The van der Waals surface area contributed by atoms with Crippen LogP contribution in [0.1, 0.15) is 48.0 Å². The number of nitrogens with one attached hydrogen (secondary N) is 1. The minimum absolute atomic E-state index is 0.351. The third kappa shape index (κ3) is 4.19. The Hall–Kier alpha value is -1.50. The SMILES string of the molecule is Cc1nc(NC2CCN(Cc3cccs3)CC2)cc(C2CC(N)C2)n1. The molecule has 25 heavy (non-hydrogen) atoms. The Morgan fingerprint density at radius 1 is 1.28 bits per heavy atom. The van der Waals surface area contributed by atoms with Gasteiger partial charge in [-0.05, 0) is 44.1 Å². The van der Waals surface area contributed by atoms with Gasteiger partial charge in [-0.1, -0.05) is 6.07 Å². The Kier molecular flexibility index (Phi) is 5.01. The van der Waals surface area contributed by atoms with Crippen molar-refractivity contribution in [2.45, 2.75) is 57.2 Å². The van der Waals surface area contributed by atoms with Crippen LogP contribution in [0.15, 0.2) is 23.6 Å². The highest BCUT2D eigenvalue weighted by atomic mass is 32.1. The zero-order chi connectivity index (χ0) is 17.2. The molecule has 0 bridgehead atoms. The molecule has 134 valence electrons. The van der Waals surface area contributed by atoms with E-state index in [0.29, 0.717) is 18.0 Å². The molecule has 5 nitrogen and oxygen atoms in total. The van der Waals surface area contributed by atoms with Gasteiger partial charge in [-0.2, -0.15) is 0 Å². The van der Waals surface area contributed by atoms with Gasteiger partial charge < -0.3 is 11.1 Å². The molecule has 0 spiro atoms. The fraction of sp³-hybridized carbons (Fsp3) is 0.579. The predicted octanol–water partition coefficient (Wildman–Crippen LogP) is 3.13. The number of likely N-dealkylation sites (tertiary alicyclic amines) is 1. The van der Waals surface area contributed by atoms with Gasteiger partial charge in [0.05, 0.1) is 0 Å². The monoisotopic (exact) mass is 357 g/mol. The second-order valence-corrected chi connectivity index (χ2v) is 8.46. The number of aryl methyl sites for hydroxylation is 1. The van der Waals surface area contributed by atoms with Crippen LogP contribution in [0.3, 0.4) is 0 Å². The van der Waals surface area contributed by atoms with Crippen molar-refractivity contribution in [3.63, 3.8) is 0 Å². The van der Waals surface area contributed by atoms with Gasteiger partial charge in [-0.25, -0.2) is 9.97 Å². The van der Waals surface area contributed by atoms with Crippen LogP contribution in [0.5, 0.6) is 0 Å². The lowest BCUT2D eigenvalue weighted by molar-refractivity contribution is 0.213. The number of rotatable bonds is 5. The standard InChI is InChI=1S/C19H27N5S/c1-13-21-18(14-9-15(20)10-14)11-19(22-13)23-16-4-6-24(7-5-16)12-17-3-2-8-25-17/h2-3,8,11,14-16H,4-7,9-10,12,20H2,1H3,(H,21,22,23). The van der Waals surface area contributed by atoms with Crippen LogP contribution in [-0.2, 0) is 6.54 Å². The minimum Gasteiger partial charge on any atom is -0.367 e. The molecule has 0 atom stereocenters. The Bertz CT molecular complexity index is 688. The zero-order valence-electron chi connectivity index (χ0n) is 14.8. The maximum atomic E-state index is 5.93. The normalized spacial score (nSPS) is 24.9. The van der Waals surface area contributed by atoms with Gasteiger partial charge in [0.25, 0.3) is 0 Å². The molecule has 2 aromatic heterocycles. The number of nitrogens with zero attached hydrogens (tertiary/aromatic N) is 3. The quantitative estimate of drug-likeness (QED) is 0.860. The van der Waals surface area contributed by atoms with Gasteiger partial charge in [0.2, 0.25) is 0 Å². The summed E-state index contributed by atoms with van der Waals surface area (Å²) in [4.78, 5) is 13.2. The highest BCUT2D eigenvalue weighted by molar-refractivity contribution is 7.09. The first kappa shape index (κ1) is 16.9. The Labute approximate surface area is 153 Å². The van der Waals surface area contributed by atoms with E-state index in [-0.39, 0.29) is 0 Å². The van der Waals surface area contributed by atoms with Gasteiger partial charge in [0, 0.05) is 54.3 Å². The summed E-state index contributed by atoms with van der Waals surface area (Å²) in [5, 5.41) is 5.81. The predicted molar refractivity (Wildman–Crippen MR) is 103 cm³/mol. The maximum absolute atomic E-state index is 5.93. The number of anilines is 1. The van der Waals surface area contributed by atoms with E-state index in [1.165, 1.54) is 4.88 Å². The summed E-state index contributed by atoms with van der Waals surface area (Å²) < 4.78 is 0. The highest BCUT2D eigenvalue weighted by Gasteiger charge is 2.29. The van der Waals surface area contributed by atoms with Crippen LogP contribution in [-0.4, -0.2) is 40.0 Å². The van der Waals surface area contributed by atoms with Crippen LogP contribution in [0, 0.1) is 6.92 Å². The highest BCUT2D eigenvalue weighted by Crippen LogP contribution is 2.35. The molecule has 1 saturated carbocycles. The summed E-state index contributed by atoms with van der Waals surface area (Å²) in [7, 11) is 0. The van der Waals surface area contributed by atoms with E-state index in [9.17, 15) is 0 Å². The van der Waals surface area contributed by atoms with Crippen molar-refractivity contribution >= 4 is 17.2 Å². The average molecular weight is 358 g/mol. The first-order valence-electron chi connectivity index (χ1n) is 9.28. The summed E-state index contributed by atoms with van der Waals surface area (Å²) in [6.45, 7) is 5.36. The smallest absolute Gasteiger partial charge is 0.130 e. The van der Waals surface area contributed by atoms with Gasteiger partial charge in [-0.15, -0.1) is 11.3 Å². The van der Waals surface area contributed by atoms with E-state index in [1.54, 1.807) is 0 Å². The molecular formula is C19H27N5S. The molecule has 2 fully saturated rings. The van der Waals surface area contributed by atoms with E-state index >= 15 is 0 Å². The topological polar surface area (TPSA) is 67.1 Å². The van der Waals surface area contributed by atoms with Crippen molar-refractivity contribution in [1.29, 1.82) is 0 Å². The molecule has 0 unspecified atom stereocenters. The van der Waals surface area contributed by atoms with Gasteiger partial charge in [0.15, 0.2) is 0 Å². The fourth-order valence-electron chi connectivity index (χ4n) is 3.84. The average Bonchev–Trinajstić information content (AvgIpc) is 3.06. The molecular weight excluding hydrogens is 330 g/mol. The summed E-state index contributed by atoms with van der Waals surface area (Å²) in [6, 6.07) is 7.36. The lowest BCUT2D eigenvalue weighted by Crippen LogP contribution is -2.39. The van der Waals surface area contributed by atoms with Gasteiger partial charge >= 0.3 is 0 Å². The van der Waals surface area contributed by atoms with Crippen LogP contribution in [0.25, 0.3) is 0 Å². The number of nitrogens with two attached hydrogens (primary N) is 1. The summed E-state index contributed by atoms with van der Waals surface area (Å²) in [6.07, 6.45) is 4.43. The van der Waals surface area contributed by atoms with E-state index in [4.69, 9.17) is 5.73 Å². The largest absolute Gasteiger partial charge is 0.367 e. The molecule has 1 aliphatic carbocycles. The van der Waals surface area contributed by atoms with Crippen molar-refractivity contribution in [1.82, 2.24) is 14.9 Å². The molecule has 0 radical (unpaired) electrons. The first-order valence-corrected chi connectivity index (χ1v) is 10.2. The third-order valence-electron chi connectivity index (χ3n) is 5.35. The van der Waals surface area contributed by atoms with Crippen molar-refractivity contribution in [2.24, 2.45) is 5.73 Å². The van der Waals surface area contributed by atoms with Crippen LogP contribution in [0.2, 0.25) is 0 Å². The molecule has 1 aliphatic heterocycles. The molecule has 2 aromatic rings. The van der Waals surface area contributed by atoms with Crippen molar-refractivity contribution in [2.75, 3.05) is 18.4 Å². The van der Waals surface area contributed by atoms with E-state index < -0.39 is 0 Å².